The number of carbonyl (C=O) groups is 1. The zero-order chi connectivity index (χ0) is 15.4. The van der Waals surface area contributed by atoms with Crippen LogP contribution in [0.5, 0.6) is 5.75 Å². The lowest BCUT2D eigenvalue weighted by Crippen LogP contribution is -2.17. The third-order valence-electron chi connectivity index (χ3n) is 3.13. The molecule has 0 fully saturated rings. The molecule has 0 radical (unpaired) electrons. The summed E-state index contributed by atoms with van der Waals surface area (Å²) in [5, 5.41) is 16.1. The van der Waals surface area contributed by atoms with Gasteiger partial charge in [0.25, 0.3) is 5.91 Å². The third-order valence-corrected chi connectivity index (χ3v) is 3.13. The van der Waals surface area contributed by atoms with E-state index in [0.29, 0.717) is 22.7 Å². The lowest BCUT2D eigenvalue weighted by Gasteiger charge is -2.11. The molecule has 21 heavy (non-hydrogen) atoms. The fraction of sp³-hybridized carbons (Fsp3) is 0.267. The van der Waals surface area contributed by atoms with E-state index in [1.54, 1.807) is 31.3 Å². The van der Waals surface area contributed by atoms with Gasteiger partial charge >= 0.3 is 0 Å². The van der Waals surface area contributed by atoms with E-state index in [1.165, 1.54) is 11.8 Å². The normalized spacial score (nSPS) is 10.0. The van der Waals surface area contributed by atoms with Crippen molar-refractivity contribution in [3.05, 3.63) is 41.2 Å². The molecule has 0 unspecified atom stereocenters. The van der Waals surface area contributed by atoms with Crippen LogP contribution in [0.4, 0.5) is 5.69 Å². The number of nitriles is 1. The van der Waals surface area contributed by atoms with Crippen LogP contribution in [-0.2, 0) is 13.5 Å². The van der Waals surface area contributed by atoms with Crippen LogP contribution in [-0.4, -0.2) is 22.8 Å². The number of nitrogens with zero attached hydrogens (tertiary/aromatic N) is 3. The highest BCUT2D eigenvalue weighted by molar-refractivity contribution is 6.04. The van der Waals surface area contributed by atoms with Crippen LogP contribution in [0.2, 0.25) is 0 Å². The zero-order valence-electron chi connectivity index (χ0n) is 12.2. The number of nitrogens with one attached hydrogen (secondary N) is 1. The van der Waals surface area contributed by atoms with E-state index in [1.807, 2.05) is 13.0 Å². The highest BCUT2D eigenvalue weighted by atomic mass is 16.5. The Morgan fingerprint density at radius 1 is 1.52 bits per heavy atom. The topological polar surface area (TPSA) is 79.9 Å². The average molecular weight is 284 g/mol. The molecule has 0 aliphatic carbocycles. The number of amides is 1. The van der Waals surface area contributed by atoms with Crippen LogP contribution in [0.1, 0.15) is 28.7 Å². The minimum absolute atomic E-state index is 0.328. The molecule has 1 aromatic heterocycles. The lowest BCUT2D eigenvalue weighted by molar-refractivity contribution is 0.101. The standard InChI is InChI=1S/C15H16N4O2/c1-4-11-8-12(19(2)18-11)15(20)17-14-10(9-16)6-5-7-13(14)21-3/h5-8H,4H2,1-3H3,(H,17,20). The van der Waals surface area contributed by atoms with E-state index in [4.69, 9.17) is 10.00 Å². The Hall–Kier alpha value is -2.81. The number of ether oxygens (including phenoxy) is 1. The molecule has 0 atom stereocenters. The molecule has 2 rings (SSSR count). The Morgan fingerprint density at radius 2 is 2.29 bits per heavy atom. The summed E-state index contributed by atoms with van der Waals surface area (Å²) in [6, 6.07) is 8.79. The molecular formula is C15H16N4O2. The number of para-hydroxylation sites is 1. The number of hydrogen-bond donors (Lipinski definition) is 1. The fourth-order valence-electron chi connectivity index (χ4n) is 2.01. The minimum atomic E-state index is -0.328. The first-order valence-electron chi connectivity index (χ1n) is 6.52. The number of aryl methyl sites for hydroxylation is 2. The maximum Gasteiger partial charge on any atom is 0.274 e. The molecule has 1 N–H and O–H groups in total. The average Bonchev–Trinajstić information content (AvgIpc) is 2.88. The van der Waals surface area contributed by atoms with E-state index in [2.05, 4.69) is 10.4 Å². The zero-order valence-corrected chi connectivity index (χ0v) is 12.2. The molecular weight excluding hydrogens is 268 g/mol. The van der Waals surface area contributed by atoms with Crippen LogP contribution in [0.15, 0.2) is 24.3 Å². The number of rotatable bonds is 4. The molecule has 0 spiro atoms. The number of methoxy groups -OCH3 is 1. The summed E-state index contributed by atoms with van der Waals surface area (Å²) in [7, 11) is 3.20. The molecule has 0 aliphatic heterocycles. The summed E-state index contributed by atoms with van der Waals surface area (Å²) < 4.78 is 6.72. The molecule has 6 heteroatoms. The molecule has 0 saturated carbocycles. The van der Waals surface area contributed by atoms with Crippen molar-refractivity contribution in [2.24, 2.45) is 7.05 Å². The second-order valence-corrected chi connectivity index (χ2v) is 4.45. The van der Waals surface area contributed by atoms with Crippen molar-refractivity contribution in [1.29, 1.82) is 5.26 Å². The van der Waals surface area contributed by atoms with Gasteiger partial charge in [0, 0.05) is 7.05 Å². The van der Waals surface area contributed by atoms with Gasteiger partial charge < -0.3 is 10.1 Å². The Balaban J connectivity index is 2.36. The van der Waals surface area contributed by atoms with Gasteiger partial charge in [-0.3, -0.25) is 9.48 Å². The third kappa shape index (κ3) is 2.87. The molecule has 1 aromatic carbocycles. The summed E-state index contributed by atoms with van der Waals surface area (Å²) in [5.41, 5.74) is 1.98. The number of benzene rings is 1. The van der Waals surface area contributed by atoms with E-state index >= 15 is 0 Å². The maximum absolute atomic E-state index is 12.4. The van der Waals surface area contributed by atoms with Crippen LogP contribution in [0.25, 0.3) is 0 Å². The van der Waals surface area contributed by atoms with Gasteiger partial charge in [0.05, 0.1) is 18.4 Å². The van der Waals surface area contributed by atoms with Gasteiger partial charge in [-0.05, 0) is 24.6 Å². The molecule has 108 valence electrons. The van der Waals surface area contributed by atoms with Crippen LogP contribution < -0.4 is 10.1 Å². The predicted octanol–water partition coefficient (Wildman–Crippen LogP) is 2.12. The molecule has 6 nitrogen and oxygen atoms in total. The van der Waals surface area contributed by atoms with E-state index in [0.717, 1.165) is 12.1 Å². The van der Waals surface area contributed by atoms with Gasteiger partial charge in [-0.1, -0.05) is 13.0 Å². The van der Waals surface area contributed by atoms with E-state index in [-0.39, 0.29) is 5.91 Å². The smallest absolute Gasteiger partial charge is 0.274 e. The Kier molecular flexibility index (Phi) is 4.24. The van der Waals surface area contributed by atoms with E-state index < -0.39 is 0 Å². The highest BCUT2D eigenvalue weighted by Gasteiger charge is 2.17. The van der Waals surface area contributed by atoms with Crippen molar-refractivity contribution in [3.8, 4) is 11.8 Å². The quantitative estimate of drug-likeness (QED) is 0.932. The van der Waals surface area contributed by atoms with Crippen LogP contribution in [0, 0.1) is 11.3 Å². The van der Waals surface area contributed by atoms with Crippen LogP contribution in [0.3, 0.4) is 0 Å². The first-order valence-corrected chi connectivity index (χ1v) is 6.52. The van der Waals surface area contributed by atoms with Crippen molar-refractivity contribution in [2.45, 2.75) is 13.3 Å². The maximum atomic E-state index is 12.4. The number of anilines is 1. The summed E-state index contributed by atoms with van der Waals surface area (Å²) in [5.74, 6) is 0.117. The monoisotopic (exact) mass is 284 g/mol. The Labute approximate surface area is 123 Å². The second-order valence-electron chi connectivity index (χ2n) is 4.45. The Bertz CT molecular complexity index is 713. The van der Waals surface area contributed by atoms with Crippen molar-refractivity contribution in [1.82, 2.24) is 9.78 Å². The first-order chi connectivity index (χ1) is 10.1. The van der Waals surface area contributed by atoms with Crippen molar-refractivity contribution < 1.29 is 9.53 Å². The van der Waals surface area contributed by atoms with E-state index in [9.17, 15) is 4.79 Å². The van der Waals surface area contributed by atoms with Gasteiger partial charge in [-0.25, -0.2) is 0 Å². The lowest BCUT2D eigenvalue weighted by atomic mass is 10.1. The fourth-order valence-corrected chi connectivity index (χ4v) is 2.01. The largest absolute Gasteiger partial charge is 0.495 e. The molecule has 0 bridgehead atoms. The molecule has 1 amide bonds. The molecule has 1 heterocycles. The number of hydrogen-bond acceptors (Lipinski definition) is 4. The van der Waals surface area contributed by atoms with Crippen LogP contribution >= 0.6 is 0 Å². The molecule has 0 saturated heterocycles. The van der Waals surface area contributed by atoms with Gasteiger partial charge in [0.2, 0.25) is 0 Å². The van der Waals surface area contributed by atoms with Crippen molar-refractivity contribution in [3.63, 3.8) is 0 Å². The van der Waals surface area contributed by atoms with Gasteiger partial charge in [-0.2, -0.15) is 10.4 Å². The summed E-state index contributed by atoms with van der Waals surface area (Å²) in [6.07, 6.45) is 0.749. The highest BCUT2D eigenvalue weighted by Crippen LogP contribution is 2.28. The second kappa shape index (κ2) is 6.09. The van der Waals surface area contributed by atoms with Gasteiger partial charge in [0.15, 0.2) is 0 Å². The minimum Gasteiger partial charge on any atom is -0.495 e. The van der Waals surface area contributed by atoms with Gasteiger partial charge in [0.1, 0.15) is 23.2 Å². The number of carbonyl (C=O) groups excluding carboxylic acids is 1. The molecule has 2 aromatic rings. The molecule has 0 aliphatic rings. The van der Waals surface area contributed by atoms with Crippen molar-refractivity contribution >= 4 is 11.6 Å². The summed E-state index contributed by atoms with van der Waals surface area (Å²) >= 11 is 0. The summed E-state index contributed by atoms with van der Waals surface area (Å²) in [6.45, 7) is 1.97. The number of aromatic nitrogens is 2. The summed E-state index contributed by atoms with van der Waals surface area (Å²) in [4.78, 5) is 12.4. The SMILES string of the molecule is CCc1cc(C(=O)Nc2c(C#N)cccc2OC)n(C)n1. The van der Waals surface area contributed by atoms with Crippen molar-refractivity contribution in [2.75, 3.05) is 12.4 Å². The Morgan fingerprint density at radius 3 is 2.86 bits per heavy atom. The van der Waals surface area contributed by atoms with Gasteiger partial charge in [-0.15, -0.1) is 0 Å². The predicted molar refractivity (Wildman–Crippen MR) is 78.2 cm³/mol. The first kappa shape index (κ1) is 14.6.